The van der Waals surface area contributed by atoms with Gasteiger partial charge in [0.1, 0.15) is 0 Å². The van der Waals surface area contributed by atoms with Gasteiger partial charge in [0.2, 0.25) is 5.91 Å². The maximum absolute atomic E-state index is 11.8. The molecule has 3 N–H and O–H groups in total. The van der Waals surface area contributed by atoms with Gasteiger partial charge < -0.3 is 5.73 Å². The van der Waals surface area contributed by atoms with Gasteiger partial charge in [-0.3, -0.25) is 9.63 Å². The Labute approximate surface area is 117 Å². The Morgan fingerprint density at radius 1 is 1.32 bits per heavy atom. The van der Waals surface area contributed by atoms with Crippen molar-refractivity contribution >= 4 is 5.91 Å². The van der Waals surface area contributed by atoms with E-state index >= 15 is 0 Å². The van der Waals surface area contributed by atoms with Crippen molar-refractivity contribution in [1.29, 1.82) is 0 Å². The molecule has 1 amide bonds. The number of hydrogen-bond acceptors (Lipinski definition) is 3. The van der Waals surface area contributed by atoms with Crippen LogP contribution in [0, 0.1) is 11.3 Å². The van der Waals surface area contributed by atoms with Gasteiger partial charge in [-0.1, -0.05) is 33.6 Å². The molecule has 1 fully saturated rings. The van der Waals surface area contributed by atoms with Gasteiger partial charge in [0, 0.05) is 6.42 Å². The average molecular weight is 270 g/mol. The minimum absolute atomic E-state index is 0.00169. The molecule has 1 aliphatic rings. The summed E-state index contributed by atoms with van der Waals surface area (Å²) in [6.45, 7) is 7.31. The Bertz CT molecular complexity index is 268. The third-order valence-corrected chi connectivity index (χ3v) is 4.10. The van der Waals surface area contributed by atoms with Gasteiger partial charge in [0.25, 0.3) is 0 Å². The Kier molecular flexibility index (Phi) is 6.80. The van der Waals surface area contributed by atoms with Gasteiger partial charge >= 0.3 is 0 Å². The Balaban J connectivity index is 2.23. The van der Waals surface area contributed by atoms with E-state index in [1.807, 2.05) is 0 Å². The highest BCUT2D eigenvalue weighted by Gasteiger charge is 2.24. The fourth-order valence-corrected chi connectivity index (χ4v) is 2.72. The van der Waals surface area contributed by atoms with Crippen LogP contribution in [-0.4, -0.2) is 18.6 Å². The van der Waals surface area contributed by atoms with E-state index in [0.29, 0.717) is 18.9 Å². The quantitative estimate of drug-likeness (QED) is 0.699. The fourth-order valence-electron chi connectivity index (χ4n) is 2.72. The van der Waals surface area contributed by atoms with Crippen LogP contribution < -0.4 is 11.2 Å². The highest BCUT2D eigenvalue weighted by Crippen LogP contribution is 2.32. The second-order valence-electron chi connectivity index (χ2n) is 6.73. The molecule has 112 valence electrons. The Morgan fingerprint density at radius 3 is 2.47 bits per heavy atom. The molecule has 0 aromatic heterocycles. The number of carbonyl (C=O) groups excluding carboxylic acids is 1. The van der Waals surface area contributed by atoms with Crippen LogP contribution in [0.2, 0.25) is 0 Å². The van der Waals surface area contributed by atoms with E-state index in [0.717, 1.165) is 25.7 Å². The lowest BCUT2D eigenvalue weighted by Crippen LogP contribution is -2.30. The minimum Gasteiger partial charge on any atom is -0.330 e. The average Bonchev–Trinajstić information content (AvgIpc) is 2.83. The second-order valence-corrected chi connectivity index (χ2v) is 6.73. The van der Waals surface area contributed by atoms with Crippen LogP contribution in [0.25, 0.3) is 0 Å². The number of hydroxylamine groups is 1. The van der Waals surface area contributed by atoms with Crippen LogP contribution in [0.5, 0.6) is 0 Å². The molecule has 1 atom stereocenters. The molecule has 1 aliphatic carbocycles. The first-order valence-electron chi connectivity index (χ1n) is 7.58. The van der Waals surface area contributed by atoms with E-state index in [-0.39, 0.29) is 17.4 Å². The number of hydrogen-bond donors (Lipinski definition) is 2. The van der Waals surface area contributed by atoms with E-state index in [9.17, 15) is 4.79 Å². The lowest BCUT2D eigenvalue weighted by atomic mass is 9.76. The molecule has 0 heterocycles. The van der Waals surface area contributed by atoms with Crippen LogP contribution in [0.3, 0.4) is 0 Å². The molecule has 0 saturated heterocycles. The SMILES string of the molecule is CC(C)(C)C(CCN)CCC(=O)NOC1CCCC1. The first-order chi connectivity index (χ1) is 8.93. The molecule has 1 unspecified atom stereocenters. The first kappa shape index (κ1) is 16.4. The van der Waals surface area contributed by atoms with Crippen molar-refractivity contribution in [3.8, 4) is 0 Å². The summed E-state index contributed by atoms with van der Waals surface area (Å²) >= 11 is 0. The van der Waals surface area contributed by atoms with Crippen LogP contribution in [0.15, 0.2) is 0 Å². The highest BCUT2D eigenvalue weighted by atomic mass is 16.7. The summed E-state index contributed by atoms with van der Waals surface area (Å²) in [5.74, 6) is 0.480. The maximum Gasteiger partial charge on any atom is 0.243 e. The molecule has 4 nitrogen and oxygen atoms in total. The lowest BCUT2D eigenvalue weighted by molar-refractivity contribution is -0.138. The molecule has 0 radical (unpaired) electrons. The van der Waals surface area contributed by atoms with Crippen LogP contribution in [0.1, 0.15) is 65.7 Å². The lowest BCUT2D eigenvalue weighted by Gasteiger charge is -2.30. The summed E-state index contributed by atoms with van der Waals surface area (Å²) in [5, 5.41) is 0. The van der Waals surface area contributed by atoms with Crippen molar-refractivity contribution in [1.82, 2.24) is 5.48 Å². The molecule has 0 aliphatic heterocycles. The molecule has 1 rings (SSSR count). The molecule has 1 saturated carbocycles. The molecule has 0 bridgehead atoms. The molecule has 4 heteroatoms. The molecular weight excluding hydrogens is 240 g/mol. The number of nitrogens with one attached hydrogen (secondary N) is 1. The van der Waals surface area contributed by atoms with Gasteiger partial charge in [0.15, 0.2) is 0 Å². The van der Waals surface area contributed by atoms with Crippen molar-refractivity contribution in [3.05, 3.63) is 0 Å². The van der Waals surface area contributed by atoms with Crippen molar-refractivity contribution in [2.24, 2.45) is 17.1 Å². The third-order valence-electron chi connectivity index (χ3n) is 4.10. The number of amides is 1. The Morgan fingerprint density at radius 2 is 1.95 bits per heavy atom. The van der Waals surface area contributed by atoms with Crippen molar-refractivity contribution in [2.45, 2.75) is 71.8 Å². The predicted octanol–water partition coefficient (Wildman–Crippen LogP) is 2.77. The van der Waals surface area contributed by atoms with E-state index in [2.05, 4.69) is 26.3 Å². The summed E-state index contributed by atoms with van der Waals surface area (Å²) in [5.41, 5.74) is 8.45. The molecular formula is C15H30N2O2. The number of rotatable bonds is 7. The zero-order chi connectivity index (χ0) is 14.3. The topological polar surface area (TPSA) is 64.4 Å². The van der Waals surface area contributed by atoms with Crippen molar-refractivity contribution in [2.75, 3.05) is 6.54 Å². The van der Waals surface area contributed by atoms with Crippen molar-refractivity contribution in [3.63, 3.8) is 0 Å². The third kappa shape index (κ3) is 6.39. The largest absolute Gasteiger partial charge is 0.330 e. The Hall–Kier alpha value is -0.610. The van der Waals surface area contributed by atoms with Gasteiger partial charge in [-0.05, 0) is 43.6 Å². The smallest absolute Gasteiger partial charge is 0.243 e. The van der Waals surface area contributed by atoms with E-state index < -0.39 is 0 Å². The summed E-state index contributed by atoms with van der Waals surface area (Å²) in [6.07, 6.45) is 7.16. The summed E-state index contributed by atoms with van der Waals surface area (Å²) in [6, 6.07) is 0. The fraction of sp³-hybridized carbons (Fsp3) is 0.933. The predicted molar refractivity (Wildman–Crippen MR) is 77.3 cm³/mol. The second kappa shape index (κ2) is 7.85. The first-order valence-corrected chi connectivity index (χ1v) is 7.58. The molecule has 19 heavy (non-hydrogen) atoms. The van der Waals surface area contributed by atoms with E-state index in [4.69, 9.17) is 10.6 Å². The van der Waals surface area contributed by atoms with E-state index in [1.54, 1.807) is 0 Å². The summed E-state index contributed by atoms with van der Waals surface area (Å²) in [4.78, 5) is 17.2. The van der Waals surface area contributed by atoms with Gasteiger partial charge in [-0.2, -0.15) is 0 Å². The zero-order valence-corrected chi connectivity index (χ0v) is 12.7. The van der Waals surface area contributed by atoms with Gasteiger partial charge in [0.05, 0.1) is 6.10 Å². The monoisotopic (exact) mass is 270 g/mol. The summed E-state index contributed by atoms with van der Waals surface area (Å²) < 4.78 is 0. The maximum atomic E-state index is 11.8. The van der Waals surface area contributed by atoms with E-state index in [1.165, 1.54) is 12.8 Å². The normalized spacial score (nSPS) is 18.5. The van der Waals surface area contributed by atoms with Crippen molar-refractivity contribution < 1.29 is 9.63 Å². The number of nitrogens with two attached hydrogens (primary N) is 1. The standard InChI is InChI=1S/C15H30N2O2/c1-15(2,3)12(10-11-16)8-9-14(18)17-19-13-6-4-5-7-13/h12-13H,4-11,16H2,1-3H3,(H,17,18). The molecule has 0 aromatic rings. The van der Waals surface area contributed by atoms with Crippen LogP contribution in [-0.2, 0) is 9.63 Å². The zero-order valence-electron chi connectivity index (χ0n) is 12.7. The highest BCUT2D eigenvalue weighted by molar-refractivity contribution is 5.74. The summed E-state index contributed by atoms with van der Waals surface area (Å²) in [7, 11) is 0. The van der Waals surface area contributed by atoms with Gasteiger partial charge in [-0.25, -0.2) is 5.48 Å². The van der Waals surface area contributed by atoms with Crippen LogP contribution >= 0.6 is 0 Å². The molecule has 0 aromatic carbocycles. The minimum atomic E-state index is -0.00169. The molecule has 0 spiro atoms. The number of carbonyl (C=O) groups is 1. The van der Waals surface area contributed by atoms with Gasteiger partial charge in [-0.15, -0.1) is 0 Å². The van der Waals surface area contributed by atoms with Crippen LogP contribution in [0.4, 0.5) is 0 Å².